The first-order chi connectivity index (χ1) is 7.21. The van der Waals surface area contributed by atoms with Gasteiger partial charge in [0.25, 0.3) is 0 Å². The highest BCUT2D eigenvalue weighted by atomic mass is 79.9. The Morgan fingerprint density at radius 3 is 1.81 bits per heavy atom. The van der Waals surface area contributed by atoms with Gasteiger partial charge in [-0.25, -0.2) is 0 Å². The van der Waals surface area contributed by atoms with Crippen molar-refractivity contribution in [3.63, 3.8) is 0 Å². The lowest BCUT2D eigenvalue weighted by Gasteiger charge is -2.22. The van der Waals surface area contributed by atoms with Gasteiger partial charge in [0.05, 0.1) is 15.0 Å². The van der Waals surface area contributed by atoms with Gasteiger partial charge >= 0.3 is 0 Å². The van der Waals surface area contributed by atoms with Crippen LogP contribution in [-0.2, 0) is 5.41 Å². The van der Waals surface area contributed by atoms with Crippen molar-refractivity contribution in [2.45, 2.75) is 46.1 Å². The summed E-state index contributed by atoms with van der Waals surface area (Å²) in [4.78, 5) is 0. The number of ether oxygens (including phenoxy) is 1. The van der Waals surface area contributed by atoms with Gasteiger partial charge in [-0.05, 0) is 68.8 Å². The molecule has 3 heteroatoms. The van der Waals surface area contributed by atoms with E-state index in [0.717, 1.165) is 14.7 Å². The van der Waals surface area contributed by atoms with Crippen LogP contribution in [0, 0.1) is 0 Å². The average molecular weight is 350 g/mol. The molecule has 0 fully saturated rings. The molecule has 0 saturated carbocycles. The van der Waals surface area contributed by atoms with Crippen molar-refractivity contribution in [2.75, 3.05) is 0 Å². The highest BCUT2D eigenvalue weighted by Crippen LogP contribution is 2.38. The zero-order chi connectivity index (χ0) is 12.5. The van der Waals surface area contributed by atoms with Gasteiger partial charge in [-0.2, -0.15) is 0 Å². The van der Waals surface area contributed by atoms with Crippen LogP contribution in [-0.4, -0.2) is 6.10 Å². The van der Waals surface area contributed by atoms with Gasteiger partial charge in [0.2, 0.25) is 0 Å². The van der Waals surface area contributed by atoms with Gasteiger partial charge in [-0.15, -0.1) is 0 Å². The zero-order valence-electron chi connectivity index (χ0n) is 10.4. The van der Waals surface area contributed by atoms with Crippen molar-refractivity contribution >= 4 is 31.9 Å². The predicted molar refractivity (Wildman–Crippen MR) is 76.3 cm³/mol. The van der Waals surface area contributed by atoms with Crippen LogP contribution >= 0.6 is 31.9 Å². The molecular weight excluding hydrogens is 332 g/mol. The fraction of sp³-hybridized carbons (Fsp3) is 0.538. The second-order valence-electron chi connectivity index (χ2n) is 5.19. The Bertz CT molecular complexity index is 355. The average Bonchev–Trinajstić information content (AvgIpc) is 2.09. The third-order valence-electron chi connectivity index (χ3n) is 2.22. The van der Waals surface area contributed by atoms with Crippen LogP contribution in [0.5, 0.6) is 5.75 Å². The molecular formula is C13H18Br2O. The molecule has 0 aliphatic rings. The lowest BCUT2D eigenvalue weighted by Crippen LogP contribution is -2.12. The zero-order valence-corrected chi connectivity index (χ0v) is 13.6. The highest BCUT2D eigenvalue weighted by Gasteiger charge is 2.18. The third kappa shape index (κ3) is 3.49. The van der Waals surface area contributed by atoms with E-state index in [1.165, 1.54) is 5.56 Å². The SMILES string of the molecule is CC(C)Oc1c(Br)cc(C(C)(C)C)cc1Br. The number of rotatable bonds is 2. The fourth-order valence-corrected chi connectivity index (χ4v) is 2.71. The van der Waals surface area contributed by atoms with Crippen LogP contribution in [0.25, 0.3) is 0 Å². The van der Waals surface area contributed by atoms with E-state index in [4.69, 9.17) is 4.74 Å². The molecule has 90 valence electrons. The molecule has 0 aliphatic carbocycles. The first-order valence-electron chi connectivity index (χ1n) is 5.38. The van der Waals surface area contributed by atoms with Gasteiger partial charge < -0.3 is 4.74 Å². The lowest BCUT2D eigenvalue weighted by atomic mass is 9.87. The van der Waals surface area contributed by atoms with Crippen molar-refractivity contribution in [3.05, 3.63) is 26.6 Å². The van der Waals surface area contributed by atoms with Crippen molar-refractivity contribution < 1.29 is 4.74 Å². The maximum Gasteiger partial charge on any atom is 0.148 e. The van der Waals surface area contributed by atoms with E-state index in [0.29, 0.717) is 0 Å². The number of hydrogen-bond acceptors (Lipinski definition) is 1. The van der Waals surface area contributed by atoms with Gasteiger partial charge in [0.15, 0.2) is 0 Å². The minimum absolute atomic E-state index is 0.140. The molecule has 0 bridgehead atoms. The largest absolute Gasteiger partial charge is 0.489 e. The molecule has 0 N–H and O–H groups in total. The molecule has 1 aromatic rings. The van der Waals surface area contributed by atoms with Crippen LogP contribution in [0.4, 0.5) is 0 Å². The van der Waals surface area contributed by atoms with Crippen molar-refractivity contribution in [2.24, 2.45) is 0 Å². The molecule has 0 amide bonds. The summed E-state index contributed by atoms with van der Waals surface area (Å²) < 4.78 is 7.75. The van der Waals surface area contributed by atoms with E-state index in [1.54, 1.807) is 0 Å². The molecule has 1 aromatic carbocycles. The van der Waals surface area contributed by atoms with E-state index in [1.807, 2.05) is 13.8 Å². The topological polar surface area (TPSA) is 9.23 Å². The Hall–Kier alpha value is -0.0200. The fourth-order valence-electron chi connectivity index (χ4n) is 1.34. The predicted octanol–water partition coefficient (Wildman–Crippen LogP) is 5.30. The summed E-state index contributed by atoms with van der Waals surface area (Å²) in [5.74, 6) is 0.878. The minimum Gasteiger partial charge on any atom is -0.489 e. The van der Waals surface area contributed by atoms with E-state index < -0.39 is 0 Å². The van der Waals surface area contributed by atoms with Gasteiger partial charge in [0.1, 0.15) is 5.75 Å². The van der Waals surface area contributed by atoms with Crippen LogP contribution < -0.4 is 4.74 Å². The Balaban J connectivity index is 3.18. The van der Waals surface area contributed by atoms with Crippen LogP contribution in [0.1, 0.15) is 40.2 Å². The molecule has 16 heavy (non-hydrogen) atoms. The van der Waals surface area contributed by atoms with E-state index in [2.05, 4.69) is 64.8 Å². The maximum absolute atomic E-state index is 5.75. The van der Waals surface area contributed by atoms with Gasteiger partial charge in [-0.3, -0.25) is 0 Å². The molecule has 0 aliphatic heterocycles. The molecule has 1 nitrogen and oxygen atoms in total. The number of halogens is 2. The Labute approximate surface area is 115 Å². The van der Waals surface area contributed by atoms with E-state index in [-0.39, 0.29) is 11.5 Å². The second-order valence-corrected chi connectivity index (χ2v) is 6.89. The van der Waals surface area contributed by atoms with Gasteiger partial charge in [0, 0.05) is 0 Å². The Morgan fingerprint density at radius 2 is 1.50 bits per heavy atom. The summed E-state index contributed by atoms with van der Waals surface area (Å²) in [6.45, 7) is 10.6. The molecule has 0 spiro atoms. The summed E-state index contributed by atoms with van der Waals surface area (Å²) in [6.07, 6.45) is 0.174. The summed E-state index contributed by atoms with van der Waals surface area (Å²) in [5, 5.41) is 0. The number of hydrogen-bond donors (Lipinski definition) is 0. The molecule has 0 atom stereocenters. The number of benzene rings is 1. The maximum atomic E-state index is 5.75. The summed E-state index contributed by atoms with van der Waals surface area (Å²) >= 11 is 7.13. The highest BCUT2D eigenvalue weighted by molar-refractivity contribution is 9.11. The van der Waals surface area contributed by atoms with E-state index >= 15 is 0 Å². The molecule has 0 saturated heterocycles. The normalized spacial score (nSPS) is 12.0. The smallest absolute Gasteiger partial charge is 0.148 e. The molecule has 1 rings (SSSR count). The van der Waals surface area contributed by atoms with Gasteiger partial charge in [-0.1, -0.05) is 20.8 Å². The standard InChI is InChI=1S/C13H18Br2O/c1-8(2)16-12-10(14)6-9(7-11(12)15)13(3,4)5/h6-8H,1-5H3. The molecule has 0 heterocycles. The third-order valence-corrected chi connectivity index (χ3v) is 3.40. The van der Waals surface area contributed by atoms with Crippen LogP contribution in [0.2, 0.25) is 0 Å². The van der Waals surface area contributed by atoms with Crippen LogP contribution in [0.3, 0.4) is 0 Å². The summed E-state index contributed by atoms with van der Waals surface area (Å²) in [7, 11) is 0. The van der Waals surface area contributed by atoms with E-state index in [9.17, 15) is 0 Å². The second kappa shape index (κ2) is 5.09. The van der Waals surface area contributed by atoms with Crippen LogP contribution in [0.15, 0.2) is 21.1 Å². The summed E-state index contributed by atoms with van der Waals surface area (Å²) in [6, 6.07) is 4.25. The molecule has 0 radical (unpaired) electrons. The summed E-state index contributed by atoms with van der Waals surface area (Å²) in [5.41, 5.74) is 1.42. The van der Waals surface area contributed by atoms with Crippen molar-refractivity contribution in [3.8, 4) is 5.75 Å². The first-order valence-corrected chi connectivity index (χ1v) is 6.96. The monoisotopic (exact) mass is 348 g/mol. The molecule has 0 aromatic heterocycles. The Kier molecular flexibility index (Phi) is 4.47. The Morgan fingerprint density at radius 1 is 1.06 bits per heavy atom. The lowest BCUT2D eigenvalue weighted by molar-refractivity contribution is 0.239. The quantitative estimate of drug-likeness (QED) is 0.704. The minimum atomic E-state index is 0.140. The van der Waals surface area contributed by atoms with Crippen molar-refractivity contribution in [1.29, 1.82) is 0 Å². The van der Waals surface area contributed by atoms with Crippen molar-refractivity contribution in [1.82, 2.24) is 0 Å². The molecule has 0 unspecified atom stereocenters. The first kappa shape index (κ1) is 14.0.